The van der Waals surface area contributed by atoms with Crippen molar-refractivity contribution in [3.8, 4) is 17.0 Å². The second-order valence-corrected chi connectivity index (χ2v) is 15.6. The van der Waals surface area contributed by atoms with Crippen LogP contribution >= 0.6 is 0 Å². The van der Waals surface area contributed by atoms with Gasteiger partial charge in [-0.05, 0) is 97.9 Å². The van der Waals surface area contributed by atoms with Crippen LogP contribution in [0.2, 0.25) is 0 Å². The van der Waals surface area contributed by atoms with Gasteiger partial charge in [0, 0.05) is 36.7 Å². The Morgan fingerprint density at radius 3 is 2.42 bits per heavy atom. The fourth-order valence-electron chi connectivity index (χ4n) is 8.14. The molecule has 1 saturated heterocycles. The van der Waals surface area contributed by atoms with Gasteiger partial charge in [0.05, 0.1) is 24.3 Å². The molecule has 1 amide bonds. The molecule has 3 heterocycles. The number of carbonyl (C=O) groups is 1. The molecule has 1 aromatic heterocycles. The van der Waals surface area contributed by atoms with E-state index in [2.05, 4.69) is 24.6 Å². The highest BCUT2D eigenvalue weighted by Gasteiger charge is 2.50. The van der Waals surface area contributed by atoms with Crippen molar-refractivity contribution in [2.75, 3.05) is 31.5 Å². The number of sulfonamides is 1. The van der Waals surface area contributed by atoms with Crippen molar-refractivity contribution in [2.24, 2.45) is 23.2 Å². The molecule has 1 aliphatic carbocycles. The van der Waals surface area contributed by atoms with Crippen molar-refractivity contribution >= 4 is 21.9 Å². The molecule has 1 saturated carbocycles. The lowest BCUT2D eigenvalue weighted by atomic mass is 9.52. The van der Waals surface area contributed by atoms with Crippen LogP contribution in [0.3, 0.4) is 0 Å². The van der Waals surface area contributed by atoms with Crippen molar-refractivity contribution in [1.29, 1.82) is 0 Å². The third-order valence-electron chi connectivity index (χ3n) is 10.2. The predicted octanol–water partition coefficient (Wildman–Crippen LogP) is 7.56. The number of hydrogen-bond acceptors (Lipinski definition) is 6. The van der Waals surface area contributed by atoms with Crippen LogP contribution in [-0.2, 0) is 14.8 Å². The Labute approximate surface area is 267 Å². The van der Waals surface area contributed by atoms with Crippen LogP contribution in [-0.4, -0.2) is 51.2 Å². The first-order chi connectivity index (χ1) is 21.5. The monoisotopic (exact) mass is 631 g/mol. The molecule has 2 aliphatic heterocycles. The fourth-order valence-corrected chi connectivity index (χ4v) is 9.18. The summed E-state index contributed by atoms with van der Waals surface area (Å²) in [5.41, 5.74) is 5.06. The summed E-state index contributed by atoms with van der Waals surface area (Å²) in [6.45, 7) is 10.5. The number of benzene rings is 2. The smallest absolute Gasteiger partial charge is 0.409 e. The topological polar surface area (TPSA) is 97.8 Å². The van der Waals surface area contributed by atoms with E-state index < -0.39 is 10.0 Å². The van der Waals surface area contributed by atoms with E-state index in [9.17, 15) is 13.2 Å². The Balaban J connectivity index is 1.37. The lowest BCUT2D eigenvalue weighted by Crippen LogP contribution is -2.50. The van der Waals surface area contributed by atoms with Gasteiger partial charge in [-0.1, -0.05) is 44.2 Å². The molecule has 2 aromatic carbocycles. The van der Waals surface area contributed by atoms with E-state index >= 15 is 0 Å². The summed E-state index contributed by atoms with van der Waals surface area (Å²) < 4.78 is 41.9. The molecule has 240 valence electrons. The van der Waals surface area contributed by atoms with Crippen LogP contribution in [0.25, 0.3) is 11.3 Å². The van der Waals surface area contributed by atoms with Gasteiger partial charge >= 0.3 is 6.09 Å². The van der Waals surface area contributed by atoms with E-state index in [-0.39, 0.29) is 34.1 Å². The number of amides is 1. The second kappa shape index (κ2) is 12.3. The van der Waals surface area contributed by atoms with Crippen molar-refractivity contribution in [1.82, 2.24) is 9.88 Å². The molecule has 2 fully saturated rings. The highest BCUT2D eigenvalue weighted by molar-refractivity contribution is 7.92. The summed E-state index contributed by atoms with van der Waals surface area (Å²) >= 11 is 0. The van der Waals surface area contributed by atoms with Gasteiger partial charge in [0.15, 0.2) is 0 Å². The molecular weight excluding hydrogens is 586 g/mol. The number of methoxy groups -OCH3 is 1. The van der Waals surface area contributed by atoms with Crippen LogP contribution in [0.15, 0.2) is 59.5 Å². The number of fused-ring (bicyclic) bond motifs is 4. The molecule has 2 atom stereocenters. The third-order valence-corrected chi connectivity index (χ3v) is 11.6. The van der Waals surface area contributed by atoms with E-state index in [0.717, 1.165) is 67.4 Å². The molecule has 1 spiro atoms. The lowest BCUT2D eigenvalue weighted by molar-refractivity contribution is -0.0337. The molecule has 45 heavy (non-hydrogen) atoms. The largest absolute Gasteiger partial charge is 0.493 e. The first kappa shape index (κ1) is 31.4. The minimum Gasteiger partial charge on any atom is -0.493 e. The summed E-state index contributed by atoms with van der Waals surface area (Å²) in [6.07, 6.45) is 4.77. The minimum atomic E-state index is -3.91. The summed E-state index contributed by atoms with van der Waals surface area (Å²) in [5.74, 6) is 2.02. The number of aryl methyl sites for hydroxylation is 2. The van der Waals surface area contributed by atoms with Gasteiger partial charge in [0.25, 0.3) is 10.0 Å². The minimum absolute atomic E-state index is 0.144. The zero-order valence-corrected chi connectivity index (χ0v) is 27.8. The molecular formula is C36H45N3O5S. The number of anilines is 1. The Hall–Kier alpha value is -3.59. The number of ether oxygens (including phenoxy) is 2. The Morgan fingerprint density at radius 1 is 1.07 bits per heavy atom. The normalized spacial score (nSPS) is 22.4. The van der Waals surface area contributed by atoms with Gasteiger partial charge in [-0.3, -0.25) is 4.72 Å². The average Bonchev–Trinajstić information content (AvgIpc) is 2.98. The first-order valence-electron chi connectivity index (χ1n) is 16.1. The Kier molecular flexibility index (Phi) is 8.59. The summed E-state index contributed by atoms with van der Waals surface area (Å²) in [5, 5.41) is 0. The van der Waals surface area contributed by atoms with Gasteiger partial charge in [0.2, 0.25) is 0 Å². The number of nitrogens with one attached hydrogen (secondary N) is 1. The summed E-state index contributed by atoms with van der Waals surface area (Å²) in [4.78, 5) is 18.9. The molecule has 6 rings (SSSR count). The zero-order valence-electron chi connectivity index (χ0n) is 27.0. The van der Waals surface area contributed by atoms with Gasteiger partial charge < -0.3 is 14.4 Å². The number of pyridine rings is 1. The van der Waals surface area contributed by atoms with Crippen LogP contribution in [0, 0.1) is 37.0 Å². The van der Waals surface area contributed by atoms with Gasteiger partial charge in [-0.2, -0.15) is 0 Å². The van der Waals surface area contributed by atoms with Crippen molar-refractivity contribution in [2.45, 2.75) is 70.6 Å². The molecule has 3 aliphatic rings. The summed E-state index contributed by atoms with van der Waals surface area (Å²) in [6, 6.07) is 17.2. The third kappa shape index (κ3) is 6.41. The van der Waals surface area contributed by atoms with Gasteiger partial charge in [-0.25, -0.2) is 18.2 Å². The number of piperidine rings is 1. The highest BCUT2D eigenvalue weighted by atomic mass is 32.2. The fraction of sp³-hybridized carbons (Fsp3) is 0.500. The van der Waals surface area contributed by atoms with Gasteiger partial charge in [0.1, 0.15) is 11.6 Å². The number of likely N-dealkylation sites (tertiary alicyclic amines) is 1. The van der Waals surface area contributed by atoms with E-state index in [0.29, 0.717) is 29.9 Å². The number of nitrogens with zero attached hydrogens (tertiary/aromatic N) is 2. The maximum atomic E-state index is 13.8. The molecule has 1 N–H and O–H groups in total. The van der Waals surface area contributed by atoms with Crippen molar-refractivity contribution in [3.05, 3.63) is 71.3 Å². The standard InChI is InChI=1S/C36H45N3O5S/c1-23(2)16-27-22-44-29-18-31(33-24(3)8-6-9-25(33)4)37-32(19-29)38-45(41,42)30-11-7-10-26(17-30)34(27)28-20-36(21-28)12-14-39(15-13-36)35(40)43-5/h6-11,17-19,23,27-28,34H,12-16,20-22H2,1-5H3,(H,37,38)/t27-,34?/m1/s1. The first-order valence-corrected chi connectivity index (χ1v) is 17.6. The Bertz CT molecular complexity index is 1650. The zero-order chi connectivity index (χ0) is 31.9. The van der Waals surface area contributed by atoms with Crippen LogP contribution in [0.5, 0.6) is 5.75 Å². The van der Waals surface area contributed by atoms with E-state index in [1.165, 1.54) is 7.11 Å². The van der Waals surface area contributed by atoms with Crippen molar-refractivity contribution < 1.29 is 22.7 Å². The lowest BCUT2D eigenvalue weighted by Gasteiger charge is -2.55. The Morgan fingerprint density at radius 2 is 1.76 bits per heavy atom. The maximum absolute atomic E-state index is 13.8. The van der Waals surface area contributed by atoms with Crippen LogP contribution in [0.4, 0.5) is 10.6 Å². The van der Waals surface area contributed by atoms with E-state index in [1.54, 1.807) is 17.0 Å². The SMILES string of the molecule is COC(=O)N1CCC2(CC1)CC(C1c3cccc(c3)S(=O)(=O)Nc3cc(cc(-c4c(C)cccc4C)n3)OC[C@H]1CC(C)C)C2. The number of rotatable bonds is 4. The molecule has 4 bridgehead atoms. The number of aromatic nitrogens is 1. The van der Waals surface area contributed by atoms with E-state index in [1.807, 2.05) is 50.2 Å². The second-order valence-electron chi connectivity index (χ2n) is 13.9. The quantitative estimate of drug-likeness (QED) is 0.319. The average molecular weight is 632 g/mol. The maximum Gasteiger partial charge on any atom is 0.409 e. The molecule has 0 radical (unpaired) electrons. The summed E-state index contributed by atoms with van der Waals surface area (Å²) in [7, 11) is -2.47. The van der Waals surface area contributed by atoms with Crippen molar-refractivity contribution in [3.63, 3.8) is 0 Å². The number of carbonyl (C=O) groups excluding carboxylic acids is 1. The molecule has 9 heteroatoms. The number of hydrogen-bond donors (Lipinski definition) is 1. The molecule has 3 aromatic rings. The molecule has 8 nitrogen and oxygen atoms in total. The predicted molar refractivity (Wildman–Crippen MR) is 176 cm³/mol. The van der Waals surface area contributed by atoms with Crippen LogP contribution in [0.1, 0.15) is 68.6 Å². The highest BCUT2D eigenvalue weighted by Crippen LogP contribution is 2.59. The van der Waals surface area contributed by atoms with Crippen LogP contribution < -0.4 is 9.46 Å². The van der Waals surface area contributed by atoms with Gasteiger partial charge in [-0.15, -0.1) is 0 Å². The van der Waals surface area contributed by atoms with E-state index in [4.69, 9.17) is 14.5 Å². The molecule has 1 unspecified atom stereocenters.